The monoisotopic (exact) mass is 282 g/mol. The van der Waals surface area contributed by atoms with Gasteiger partial charge in [-0.3, -0.25) is 4.90 Å². The quantitative estimate of drug-likeness (QED) is 0.714. The van der Waals surface area contributed by atoms with Gasteiger partial charge in [0.2, 0.25) is 0 Å². The van der Waals surface area contributed by atoms with Crippen molar-refractivity contribution >= 4 is 0 Å². The fourth-order valence-corrected chi connectivity index (χ4v) is 4.38. The summed E-state index contributed by atoms with van der Waals surface area (Å²) >= 11 is 0. The molecule has 0 aliphatic heterocycles. The molecule has 0 bridgehead atoms. The van der Waals surface area contributed by atoms with Gasteiger partial charge in [-0.25, -0.2) is 0 Å². The van der Waals surface area contributed by atoms with Crippen LogP contribution < -0.4 is 5.32 Å². The van der Waals surface area contributed by atoms with Crippen molar-refractivity contribution in [2.75, 3.05) is 19.6 Å². The Kier molecular flexibility index (Phi) is 7.53. The van der Waals surface area contributed by atoms with Crippen molar-refractivity contribution in [3.63, 3.8) is 0 Å². The van der Waals surface area contributed by atoms with E-state index in [1.165, 1.54) is 32.1 Å². The largest absolute Gasteiger partial charge is 0.312 e. The molecule has 0 aromatic rings. The number of hydrogen-bond donors (Lipinski definition) is 1. The highest BCUT2D eigenvalue weighted by atomic mass is 15.2. The van der Waals surface area contributed by atoms with Crippen molar-refractivity contribution in [2.24, 2.45) is 11.8 Å². The van der Waals surface area contributed by atoms with Crippen LogP contribution in [0.1, 0.15) is 73.6 Å². The van der Waals surface area contributed by atoms with Gasteiger partial charge < -0.3 is 5.32 Å². The Morgan fingerprint density at radius 3 is 1.95 bits per heavy atom. The molecule has 0 aromatic carbocycles. The third-order valence-corrected chi connectivity index (χ3v) is 5.70. The maximum absolute atomic E-state index is 3.83. The van der Waals surface area contributed by atoms with Gasteiger partial charge in [0.15, 0.2) is 0 Å². The van der Waals surface area contributed by atoms with Gasteiger partial charge in [-0.2, -0.15) is 0 Å². The summed E-state index contributed by atoms with van der Waals surface area (Å²) in [6, 6.07) is 0.630. The Morgan fingerprint density at radius 1 is 1.00 bits per heavy atom. The zero-order valence-electron chi connectivity index (χ0n) is 14.8. The summed E-state index contributed by atoms with van der Waals surface area (Å²) < 4.78 is 0. The molecule has 0 spiro atoms. The molecule has 0 aromatic heterocycles. The fourth-order valence-electron chi connectivity index (χ4n) is 4.38. The van der Waals surface area contributed by atoms with E-state index in [4.69, 9.17) is 0 Å². The van der Waals surface area contributed by atoms with Crippen molar-refractivity contribution in [3.05, 3.63) is 0 Å². The first kappa shape index (κ1) is 18.0. The predicted octanol–water partition coefficient (Wildman–Crippen LogP) is 4.30. The van der Waals surface area contributed by atoms with Crippen LogP contribution in [-0.2, 0) is 0 Å². The lowest BCUT2D eigenvalue weighted by atomic mass is 9.72. The van der Waals surface area contributed by atoms with Crippen molar-refractivity contribution < 1.29 is 0 Å². The first-order valence-electron chi connectivity index (χ1n) is 8.99. The van der Waals surface area contributed by atoms with Crippen molar-refractivity contribution in [1.29, 1.82) is 0 Å². The van der Waals surface area contributed by atoms with Crippen LogP contribution in [0.5, 0.6) is 0 Å². The molecule has 1 aliphatic carbocycles. The maximum Gasteiger partial charge on any atom is 0.0308 e. The van der Waals surface area contributed by atoms with Crippen molar-refractivity contribution in [3.8, 4) is 0 Å². The first-order valence-corrected chi connectivity index (χ1v) is 8.99. The second-order valence-corrected chi connectivity index (χ2v) is 7.05. The zero-order chi connectivity index (χ0) is 15.2. The highest BCUT2D eigenvalue weighted by molar-refractivity contribution is 4.97. The van der Waals surface area contributed by atoms with Gasteiger partial charge >= 0.3 is 0 Å². The summed E-state index contributed by atoms with van der Waals surface area (Å²) in [4.78, 5) is 2.63. The van der Waals surface area contributed by atoms with Crippen molar-refractivity contribution in [1.82, 2.24) is 10.2 Å². The topological polar surface area (TPSA) is 15.3 Å². The molecular weight excluding hydrogens is 244 g/mol. The average Bonchev–Trinajstić information content (AvgIpc) is 2.45. The SMILES string of the molecule is CCNC(C1CCC(CC)CC1)C(C)(C)N(CC)CC. The van der Waals surface area contributed by atoms with Gasteiger partial charge in [0.25, 0.3) is 0 Å². The van der Waals surface area contributed by atoms with Gasteiger partial charge in [-0.1, -0.05) is 47.0 Å². The molecule has 1 saturated carbocycles. The molecule has 1 fully saturated rings. The maximum atomic E-state index is 3.83. The van der Waals surface area contributed by atoms with Gasteiger partial charge in [0.05, 0.1) is 0 Å². The molecule has 1 atom stereocenters. The van der Waals surface area contributed by atoms with E-state index in [1.54, 1.807) is 0 Å². The molecule has 2 nitrogen and oxygen atoms in total. The number of nitrogens with zero attached hydrogens (tertiary/aromatic N) is 1. The normalized spacial score (nSPS) is 25.9. The highest BCUT2D eigenvalue weighted by Crippen LogP contribution is 2.36. The summed E-state index contributed by atoms with van der Waals surface area (Å²) in [5.41, 5.74) is 0.253. The van der Waals surface area contributed by atoms with Crippen LogP contribution in [0.3, 0.4) is 0 Å². The molecule has 1 unspecified atom stereocenters. The molecule has 1 rings (SSSR count). The number of nitrogens with one attached hydrogen (secondary N) is 1. The van der Waals surface area contributed by atoms with Gasteiger partial charge in [0.1, 0.15) is 0 Å². The van der Waals surface area contributed by atoms with Crippen LogP contribution in [-0.4, -0.2) is 36.1 Å². The van der Waals surface area contributed by atoms with E-state index in [0.717, 1.165) is 31.5 Å². The van der Waals surface area contributed by atoms with Crippen LogP contribution in [0.25, 0.3) is 0 Å². The molecule has 20 heavy (non-hydrogen) atoms. The number of rotatable bonds is 8. The standard InChI is InChI=1S/C18H38N2/c1-7-15-11-13-16(14-12-15)17(19-8-2)18(5,6)20(9-3)10-4/h15-17,19H,7-14H2,1-6H3. The second-order valence-electron chi connectivity index (χ2n) is 7.05. The van der Waals surface area contributed by atoms with E-state index >= 15 is 0 Å². The van der Waals surface area contributed by atoms with E-state index < -0.39 is 0 Å². The zero-order valence-corrected chi connectivity index (χ0v) is 14.8. The van der Waals surface area contributed by atoms with Crippen molar-refractivity contribution in [2.45, 2.75) is 85.2 Å². The molecule has 0 amide bonds. The van der Waals surface area contributed by atoms with Crippen LogP contribution in [0.15, 0.2) is 0 Å². The lowest BCUT2D eigenvalue weighted by molar-refractivity contribution is 0.0499. The lowest BCUT2D eigenvalue weighted by Gasteiger charge is -2.48. The molecule has 120 valence electrons. The smallest absolute Gasteiger partial charge is 0.0308 e. The Morgan fingerprint density at radius 2 is 1.55 bits per heavy atom. The fraction of sp³-hybridized carbons (Fsp3) is 1.00. The summed E-state index contributed by atoms with van der Waals surface area (Å²) in [6.07, 6.45) is 7.09. The van der Waals surface area contributed by atoms with Crippen LogP contribution in [0, 0.1) is 11.8 Å². The Hall–Kier alpha value is -0.0800. The molecule has 0 heterocycles. The summed E-state index contributed by atoms with van der Waals surface area (Å²) in [7, 11) is 0. The van der Waals surface area contributed by atoms with Crippen LogP contribution in [0.2, 0.25) is 0 Å². The van der Waals surface area contributed by atoms with E-state index in [9.17, 15) is 0 Å². The van der Waals surface area contributed by atoms with E-state index in [-0.39, 0.29) is 5.54 Å². The summed E-state index contributed by atoms with van der Waals surface area (Å²) in [5.74, 6) is 1.85. The second kappa shape index (κ2) is 8.38. The molecular formula is C18H38N2. The third kappa shape index (κ3) is 4.21. The molecule has 0 saturated heterocycles. The van der Waals surface area contributed by atoms with E-state index in [1.807, 2.05) is 0 Å². The van der Waals surface area contributed by atoms with Gasteiger partial charge in [-0.05, 0) is 58.2 Å². The minimum absolute atomic E-state index is 0.253. The molecule has 2 heteroatoms. The highest BCUT2D eigenvalue weighted by Gasteiger charge is 2.39. The minimum atomic E-state index is 0.253. The third-order valence-electron chi connectivity index (χ3n) is 5.70. The minimum Gasteiger partial charge on any atom is -0.312 e. The van der Waals surface area contributed by atoms with Crippen LogP contribution in [0.4, 0.5) is 0 Å². The first-order chi connectivity index (χ1) is 9.51. The Balaban J connectivity index is 2.77. The molecule has 1 aliphatic rings. The number of likely N-dealkylation sites (N-methyl/N-ethyl adjacent to an activating group) is 2. The molecule has 0 radical (unpaired) electrons. The Bertz CT molecular complexity index is 250. The summed E-state index contributed by atoms with van der Waals surface area (Å²) in [5, 5.41) is 3.83. The molecule has 1 N–H and O–H groups in total. The predicted molar refractivity (Wildman–Crippen MR) is 90.2 cm³/mol. The van der Waals surface area contributed by atoms with Gasteiger partial charge in [0, 0.05) is 11.6 Å². The average molecular weight is 283 g/mol. The van der Waals surface area contributed by atoms with E-state index in [0.29, 0.717) is 6.04 Å². The van der Waals surface area contributed by atoms with E-state index in [2.05, 4.69) is 51.8 Å². The Labute approximate surface area is 127 Å². The number of hydrogen-bond acceptors (Lipinski definition) is 2. The summed E-state index contributed by atoms with van der Waals surface area (Å²) in [6.45, 7) is 17.5. The van der Waals surface area contributed by atoms with Gasteiger partial charge in [-0.15, -0.1) is 0 Å². The lowest BCUT2D eigenvalue weighted by Crippen LogP contribution is -2.60. The van der Waals surface area contributed by atoms with Crippen LogP contribution >= 0.6 is 0 Å².